The van der Waals surface area contributed by atoms with Crippen LogP contribution in [-0.4, -0.2) is 34.6 Å². The van der Waals surface area contributed by atoms with Crippen LogP contribution in [-0.2, 0) is 4.79 Å². The van der Waals surface area contributed by atoms with Crippen LogP contribution >= 0.6 is 11.8 Å². The predicted molar refractivity (Wildman–Crippen MR) is 67.3 cm³/mol. The second-order valence-corrected chi connectivity index (χ2v) is 4.75. The van der Waals surface area contributed by atoms with E-state index in [9.17, 15) is 4.79 Å². The van der Waals surface area contributed by atoms with Crippen LogP contribution in [0.1, 0.15) is 13.8 Å². The minimum Gasteiger partial charge on any atom is -0.397 e. The van der Waals surface area contributed by atoms with Crippen molar-refractivity contribution in [3.8, 4) is 0 Å². The van der Waals surface area contributed by atoms with E-state index >= 15 is 0 Å². The van der Waals surface area contributed by atoms with Gasteiger partial charge in [-0.2, -0.15) is 0 Å². The molecule has 1 aromatic heterocycles. The summed E-state index contributed by atoms with van der Waals surface area (Å²) in [4.78, 5) is 17.5. The first-order chi connectivity index (χ1) is 7.52. The highest BCUT2D eigenvalue weighted by Gasteiger charge is 2.12. The number of nitrogens with zero attached hydrogens (tertiary/aromatic N) is 2. The van der Waals surface area contributed by atoms with Crippen molar-refractivity contribution in [2.24, 2.45) is 0 Å². The first-order valence-electron chi connectivity index (χ1n) is 5.11. The summed E-state index contributed by atoms with van der Waals surface area (Å²) in [6, 6.07) is 3.78. The van der Waals surface area contributed by atoms with E-state index in [2.05, 4.69) is 4.98 Å². The summed E-state index contributed by atoms with van der Waals surface area (Å²) in [6.07, 6.45) is 1.68. The van der Waals surface area contributed by atoms with Gasteiger partial charge < -0.3 is 10.6 Å². The van der Waals surface area contributed by atoms with Gasteiger partial charge in [-0.25, -0.2) is 4.98 Å². The molecule has 0 aromatic carbocycles. The van der Waals surface area contributed by atoms with Crippen molar-refractivity contribution in [1.82, 2.24) is 9.88 Å². The van der Waals surface area contributed by atoms with Crippen molar-refractivity contribution in [2.45, 2.75) is 24.9 Å². The number of carbonyl (C=O) groups is 1. The summed E-state index contributed by atoms with van der Waals surface area (Å²) >= 11 is 1.37. The van der Waals surface area contributed by atoms with Crippen LogP contribution < -0.4 is 5.73 Å². The Hall–Kier alpha value is -1.23. The fraction of sp³-hybridized carbons (Fsp3) is 0.455. The average Bonchev–Trinajstić information content (AvgIpc) is 2.26. The highest BCUT2D eigenvalue weighted by molar-refractivity contribution is 8.00. The standard InChI is InChI=1S/C11H17N3OS/c1-8(2)14(3)10(15)7-16-11-9(12)5-4-6-13-11/h4-6,8H,7,12H2,1-3H3. The van der Waals surface area contributed by atoms with Gasteiger partial charge in [-0.3, -0.25) is 4.79 Å². The summed E-state index contributed by atoms with van der Waals surface area (Å²) in [7, 11) is 1.80. The summed E-state index contributed by atoms with van der Waals surface area (Å²) in [5.74, 6) is 0.459. The Morgan fingerprint density at radius 2 is 2.31 bits per heavy atom. The molecule has 1 rings (SSSR count). The molecule has 0 aliphatic carbocycles. The first kappa shape index (κ1) is 12.8. The summed E-state index contributed by atoms with van der Waals surface area (Å²) in [6.45, 7) is 3.97. The third-order valence-electron chi connectivity index (χ3n) is 2.30. The van der Waals surface area contributed by atoms with E-state index in [1.165, 1.54) is 11.8 Å². The summed E-state index contributed by atoms with van der Waals surface area (Å²) in [5, 5.41) is 0.716. The highest BCUT2D eigenvalue weighted by Crippen LogP contribution is 2.21. The number of anilines is 1. The number of hydrogen-bond donors (Lipinski definition) is 1. The molecule has 0 spiro atoms. The molecule has 4 nitrogen and oxygen atoms in total. The zero-order valence-electron chi connectivity index (χ0n) is 9.80. The lowest BCUT2D eigenvalue weighted by atomic mass is 10.3. The molecule has 0 fully saturated rings. The molecule has 0 atom stereocenters. The van der Waals surface area contributed by atoms with Crippen LogP contribution in [0.3, 0.4) is 0 Å². The molecule has 0 saturated heterocycles. The largest absolute Gasteiger partial charge is 0.397 e. The van der Waals surface area contributed by atoms with Crippen molar-refractivity contribution in [2.75, 3.05) is 18.5 Å². The second-order valence-electron chi connectivity index (χ2n) is 3.78. The third kappa shape index (κ3) is 3.41. The monoisotopic (exact) mass is 239 g/mol. The summed E-state index contributed by atoms with van der Waals surface area (Å²) in [5.41, 5.74) is 6.35. The molecular formula is C11H17N3OS. The Balaban J connectivity index is 2.52. The van der Waals surface area contributed by atoms with E-state index < -0.39 is 0 Å². The molecule has 0 aliphatic heterocycles. The zero-order valence-corrected chi connectivity index (χ0v) is 10.6. The highest BCUT2D eigenvalue weighted by atomic mass is 32.2. The molecule has 1 aromatic rings. The molecule has 0 bridgehead atoms. The van der Waals surface area contributed by atoms with Crippen LogP contribution in [0.4, 0.5) is 5.69 Å². The van der Waals surface area contributed by atoms with Crippen molar-refractivity contribution in [3.63, 3.8) is 0 Å². The van der Waals surface area contributed by atoms with Gasteiger partial charge in [0.15, 0.2) is 0 Å². The number of thioether (sulfide) groups is 1. The summed E-state index contributed by atoms with van der Waals surface area (Å²) < 4.78 is 0. The van der Waals surface area contributed by atoms with E-state index in [4.69, 9.17) is 5.73 Å². The molecule has 0 unspecified atom stereocenters. The Kier molecular flexibility index (Phi) is 4.61. The fourth-order valence-electron chi connectivity index (χ4n) is 1.04. The molecule has 1 heterocycles. The average molecular weight is 239 g/mol. The maximum Gasteiger partial charge on any atom is 0.232 e. The van der Waals surface area contributed by atoms with Gasteiger partial charge in [0.05, 0.1) is 11.4 Å². The number of carbonyl (C=O) groups excluding carboxylic acids is 1. The fourth-order valence-corrected chi connectivity index (χ4v) is 1.88. The molecule has 5 heteroatoms. The minimum absolute atomic E-state index is 0.0880. The molecule has 0 aliphatic rings. The molecule has 88 valence electrons. The molecule has 16 heavy (non-hydrogen) atoms. The van der Waals surface area contributed by atoms with Crippen molar-refractivity contribution in [3.05, 3.63) is 18.3 Å². The van der Waals surface area contributed by atoms with Gasteiger partial charge in [-0.05, 0) is 26.0 Å². The lowest BCUT2D eigenvalue weighted by Crippen LogP contribution is -2.34. The predicted octanol–water partition coefficient (Wildman–Crippen LogP) is 1.62. The Morgan fingerprint density at radius 1 is 1.62 bits per heavy atom. The quantitative estimate of drug-likeness (QED) is 0.811. The van der Waals surface area contributed by atoms with Gasteiger partial charge in [0.1, 0.15) is 5.03 Å². The van der Waals surface area contributed by atoms with Gasteiger partial charge in [-0.15, -0.1) is 0 Å². The number of amides is 1. The van der Waals surface area contributed by atoms with E-state index in [0.29, 0.717) is 16.5 Å². The third-order valence-corrected chi connectivity index (χ3v) is 3.31. The van der Waals surface area contributed by atoms with Crippen molar-refractivity contribution >= 4 is 23.4 Å². The Bertz CT molecular complexity index is 368. The number of rotatable bonds is 4. The van der Waals surface area contributed by atoms with E-state index in [1.807, 2.05) is 13.8 Å². The Morgan fingerprint density at radius 3 is 2.88 bits per heavy atom. The van der Waals surface area contributed by atoms with E-state index in [1.54, 1.807) is 30.3 Å². The van der Waals surface area contributed by atoms with Crippen LogP contribution in [0.15, 0.2) is 23.4 Å². The topological polar surface area (TPSA) is 59.2 Å². The van der Waals surface area contributed by atoms with Gasteiger partial charge in [0.2, 0.25) is 5.91 Å². The van der Waals surface area contributed by atoms with Gasteiger partial charge in [0, 0.05) is 19.3 Å². The smallest absolute Gasteiger partial charge is 0.232 e. The van der Waals surface area contributed by atoms with Crippen LogP contribution in [0.2, 0.25) is 0 Å². The van der Waals surface area contributed by atoms with Gasteiger partial charge in [0.25, 0.3) is 0 Å². The maximum atomic E-state index is 11.7. The van der Waals surface area contributed by atoms with E-state index in [0.717, 1.165) is 0 Å². The van der Waals surface area contributed by atoms with Crippen LogP contribution in [0, 0.1) is 0 Å². The molecular weight excluding hydrogens is 222 g/mol. The Labute approximate surface area is 100 Å². The van der Waals surface area contributed by atoms with E-state index in [-0.39, 0.29) is 11.9 Å². The second kappa shape index (κ2) is 5.75. The first-order valence-corrected chi connectivity index (χ1v) is 6.10. The minimum atomic E-state index is 0.0880. The number of aromatic nitrogens is 1. The number of pyridine rings is 1. The van der Waals surface area contributed by atoms with Crippen LogP contribution in [0.25, 0.3) is 0 Å². The maximum absolute atomic E-state index is 11.7. The number of nitrogen functional groups attached to an aromatic ring is 1. The molecule has 0 saturated carbocycles. The van der Waals surface area contributed by atoms with Gasteiger partial charge >= 0.3 is 0 Å². The lowest BCUT2D eigenvalue weighted by Gasteiger charge is -2.21. The van der Waals surface area contributed by atoms with Gasteiger partial charge in [-0.1, -0.05) is 11.8 Å². The van der Waals surface area contributed by atoms with Crippen molar-refractivity contribution in [1.29, 1.82) is 0 Å². The molecule has 0 radical (unpaired) electrons. The number of nitrogens with two attached hydrogens (primary N) is 1. The lowest BCUT2D eigenvalue weighted by molar-refractivity contribution is -0.128. The zero-order chi connectivity index (χ0) is 12.1. The van der Waals surface area contributed by atoms with Crippen molar-refractivity contribution < 1.29 is 4.79 Å². The normalized spacial score (nSPS) is 10.5. The van der Waals surface area contributed by atoms with Crippen LogP contribution in [0.5, 0.6) is 0 Å². The number of hydrogen-bond acceptors (Lipinski definition) is 4. The molecule has 2 N–H and O–H groups in total. The SMILES string of the molecule is CC(C)N(C)C(=O)CSc1ncccc1N. The molecule has 1 amide bonds.